The molecule has 6 nitrogen and oxygen atoms in total. The summed E-state index contributed by atoms with van der Waals surface area (Å²) in [5.74, 6) is -0.0269. The van der Waals surface area contributed by atoms with Gasteiger partial charge < -0.3 is 9.64 Å². The molecular formula is C20H22N2O4S. The predicted molar refractivity (Wildman–Crippen MR) is 103 cm³/mol. The summed E-state index contributed by atoms with van der Waals surface area (Å²) >= 11 is 0. The Bertz CT molecular complexity index is 964. The van der Waals surface area contributed by atoms with Crippen molar-refractivity contribution in [1.29, 1.82) is 0 Å². The molecule has 142 valence electrons. The van der Waals surface area contributed by atoms with E-state index in [1.54, 1.807) is 41.3 Å². The first kappa shape index (κ1) is 18.0. The minimum absolute atomic E-state index is 0.0269. The number of nitrogens with zero attached hydrogens (tertiary/aromatic N) is 2. The minimum atomic E-state index is -3.60. The Kier molecular flexibility index (Phi) is 4.65. The first-order valence-corrected chi connectivity index (χ1v) is 10.5. The van der Waals surface area contributed by atoms with E-state index in [0.29, 0.717) is 50.5 Å². The van der Waals surface area contributed by atoms with Crippen molar-refractivity contribution in [2.24, 2.45) is 0 Å². The van der Waals surface area contributed by atoms with E-state index in [1.807, 2.05) is 13.0 Å². The molecule has 2 heterocycles. The molecule has 0 atom stereocenters. The van der Waals surface area contributed by atoms with E-state index in [2.05, 4.69) is 0 Å². The zero-order chi connectivity index (χ0) is 19.0. The van der Waals surface area contributed by atoms with Gasteiger partial charge in [-0.1, -0.05) is 17.7 Å². The highest BCUT2D eigenvalue weighted by molar-refractivity contribution is 7.92. The lowest BCUT2D eigenvalue weighted by Gasteiger charge is -2.27. The average molecular weight is 386 g/mol. The van der Waals surface area contributed by atoms with Crippen molar-refractivity contribution >= 4 is 21.6 Å². The van der Waals surface area contributed by atoms with E-state index in [-0.39, 0.29) is 10.8 Å². The van der Waals surface area contributed by atoms with Crippen molar-refractivity contribution in [3.63, 3.8) is 0 Å². The van der Waals surface area contributed by atoms with E-state index in [1.165, 1.54) is 4.31 Å². The van der Waals surface area contributed by atoms with Gasteiger partial charge in [0.15, 0.2) is 0 Å². The van der Waals surface area contributed by atoms with Gasteiger partial charge in [0.2, 0.25) is 0 Å². The molecule has 2 aliphatic heterocycles. The van der Waals surface area contributed by atoms with E-state index < -0.39 is 10.0 Å². The molecule has 27 heavy (non-hydrogen) atoms. The predicted octanol–water partition coefficient (Wildman–Crippen LogP) is 2.22. The summed E-state index contributed by atoms with van der Waals surface area (Å²) in [6, 6.07) is 12.2. The second-order valence-corrected chi connectivity index (χ2v) is 8.75. The standard InChI is InChI=1S/C20H22N2O4S/c1-15-2-5-18(6-3-15)27(24,25)22-9-8-16-14-17(4-7-19(16)22)20(23)21-10-12-26-13-11-21/h2-7,14H,8-13H2,1H3. The van der Waals surface area contributed by atoms with Gasteiger partial charge in [0.05, 0.1) is 23.8 Å². The van der Waals surface area contributed by atoms with Crippen molar-refractivity contribution in [2.75, 3.05) is 37.2 Å². The van der Waals surface area contributed by atoms with Crippen LogP contribution in [0, 0.1) is 6.92 Å². The normalized spacial score (nSPS) is 17.1. The summed E-state index contributed by atoms with van der Waals surface area (Å²) in [5, 5.41) is 0. The van der Waals surface area contributed by atoms with Crippen molar-refractivity contribution in [3.05, 3.63) is 59.2 Å². The molecule has 7 heteroatoms. The highest BCUT2D eigenvalue weighted by Gasteiger charge is 2.31. The van der Waals surface area contributed by atoms with Gasteiger partial charge in [0.25, 0.3) is 15.9 Å². The van der Waals surface area contributed by atoms with Crippen LogP contribution in [0.1, 0.15) is 21.5 Å². The van der Waals surface area contributed by atoms with E-state index in [9.17, 15) is 13.2 Å². The van der Waals surface area contributed by atoms with Gasteiger partial charge in [-0.15, -0.1) is 0 Å². The molecule has 0 aliphatic carbocycles. The molecule has 0 bridgehead atoms. The van der Waals surface area contributed by atoms with Gasteiger partial charge >= 0.3 is 0 Å². The Labute approximate surface area is 159 Å². The molecule has 0 radical (unpaired) electrons. The number of morpholine rings is 1. The fourth-order valence-electron chi connectivity index (χ4n) is 3.54. The van der Waals surface area contributed by atoms with Crippen molar-refractivity contribution in [2.45, 2.75) is 18.2 Å². The molecule has 0 saturated carbocycles. The molecule has 0 aromatic heterocycles. The smallest absolute Gasteiger partial charge is 0.264 e. The molecule has 2 aromatic carbocycles. The van der Waals surface area contributed by atoms with E-state index >= 15 is 0 Å². The lowest BCUT2D eigenvalue weighted by atomic mass is 10.1. The number of ether oxygens (including phenoxy) is 1. The number of hydrogen-bond donors (Lipinski definition) is 0. The molecule has 1 saturated heterocycles. The quantitative estimate of drug-likeness (QED) is 0.811. The van der Waals surface area contributed by atoms with Gasteiger partial charge in [0.1, 0.15) is 0 Å². The first-order chi connectivity index (χ1) is 13.0. The van der Waals surface area contributed by atoms with Gasteiger partial charge in [-0.05, 0) is 49.2 Å². The molecule has 0 spiro atoms. The number of carbonyl (C=O) groups excluding carboxylic acids is 1. The number of anilines is 1. The first-order valence-electron chi connectivity index (χ1n) is 9.06. The number of benzene rings is 2. The Hall–Kier alpha value is -2.38. The fourth-order valence-corrected chi connectivity index (χ4v) is 5.04. The Morgan fingerprint density at radius 1 is 1.00 bits per heavy atom. The third kappa shape index (κ3) is 3.33. The maximum Gasteiger partial charge on any atom is 0.264 e. The third-order valence-corrected chi connectivity index (χ3v) is 6.91. The molecule has 1 fully saturated rings. The highest BCUT2D eigenvalue weighted by atomic mass is 32.2. The maximum atomic E-state index is 13.0. The summed E-state index contributed by atoms with van der Waals surface area (Å²) in [5.41, 5.74) is 3.17. The van der Waals surface area contributed by atoms with Gasteiger partial charge in [-0.3, -0.25) is 9.10 Å². The SMILES string of the molecule is Cc1ccc(S(=O)(=O)N2CCc3cc(C(=O)N4CCOCC4)ccc32)cc1. The zero-order valence-electron chi connectivity index (χ0n) is 15.2. The Morgan fingerprint density at radius 3 is 2.41 bits per heavy atom. The van der Waals surface area contributed by atoms with Crippen LogP contribution in [-0.2, 0) is 21.2 Å². The topological polar surface area (TPSA) is 66.9 Å². The molecule has 2 aromatic rings. The largest absolute Gasteiger partial charge is 0.378 e. The third-order valence-electron chi connectivity index (χ3n) is 5.09. The molecular weight excluding hydrogens is 364 g/mol. The second kappa shape index (κ2) is 6.98. The van der Waals surface area contributed by atoms with Crippen molar-refractivity contribution < 1.29 is 17.9 Å². The minimum Gasteiger partial charge on any atom is -0.378 e. The summed E-state index contributed by atoms with van der Waals surface area (Å²) in [6.07, 6.45) is 0.602. The molecule has 4 rings (SSSR count). The van der Waals surface area contributed by atoms with Crippen LogP contribution >= 0.6 is 0 Å². The van der Waals surface area contributed by atoms with Crippen LogP contribution in [0.5, 0.6) is 0 Å². The Morgan fingerprint density at radius 2 is 1.70 bits per heavy atom. The van der Waals surface area contributed by atoms with Crippen LogP contribution in [0.25, 0.3) is 0 Å². The molecule has 1 amide bonds. The highest BCUT2D eigenvalue weighted by Crippen LogP contribution is 2.34. The van der Waals surface area contributed by atoms with Crippen LogP contribution in [0.3, 0.4) is 0 Å². The van der Waals surface area contributed by atoms with Crippen molar-refractivity contribution in [1.82, 2.24) is 4.90 Å². The number of aryl methyl sites for hydroxylation is 1. The number of rotatable bonds is 3. The van der Waals surface area contributed by atoms with Gasteiger partial charge in [-0.25, -0.2) is 8.42 Å². The number of amides is 1. The molecule has 0 N–H and O–H groups in total. The van der Waals surface area contributed by atoms with E-state index in [4.69, 9.17) is 4.74 Å². The number of sulfonamides is 1. The maximum absolute atomic E-state index is 13.0. The van der Waals surface area contributed by atoms with Crippen LogP contribution in [0.2, 0.25) is 0 Å². The van der Waals surface area contributed by atoms with Gasteiger partial charge in [-0.2, -0.15) is 0 Å². The van der Waals surface area contributed by atoms with Crippen molar-refractivity contribution in [3.8, 4) is 0 Å². The van der Waals surface area contributed by atoms with Crippen LogP contribution in [0.4, 0.5) is 5.69 Å². The van der Waals surface area contributed by atoms with Gasteiger partial charge in [0, 0.05) is 25.2 Å². The molecule has 2 aliphatic rings. The fraction of sp³-hybridized carbons (Fsp3) is 0.350. The Balaban J connectivity index is 1.61. The number of hydrogen-bond acceptors (Lipinski definition) is 4. The second-order valence-electron chi connectivity index (χ2n) is 6.89. The lowest BCUT2D eigenvalue weighted by molar-refractivity contribution is 0.0303. The summed E-state index contributed by atoms with van der Waals surface area (Å²) in [4.78, 5) is 14.7. The number of carbonyl (C=O) groups is 1. The summed E-state index contributed by atoms with van der Waals surface area (Å²) < 4.78 is 32.8. The summed E-state index contributed by atoms with van der Waals surface area (Å²) in [6.45, 7) is 4.60. The average Bonchev–Trinajstić information content (AvgIpc) is 3.12. The summed E-state index contributed by atoms with van der Waals surface area (Å²) in [7, 11) is -3.60. The number of fused-ring (bicyclic) bond motifs is 1. The molecule has 0 unspecified atom stereocenters. The van der Waals surface area contributed by atoms with Crippen LogP contribution in [0.15, 0.2) is 47.4 Å². The lowest BCUT2D eigenvalue weighted by Crippen LogP contribution is -2.40. The monoisotopic (exact) mass is 386 g/mol. The van der Waals surface area contributed by atoms with Crippen LogP contribution < -0.4 is 4.31 Å². The van der Waals surface area contributed by atoms with Crippen LogP contribution in [-0.4, -0.2) is 52.1 Å². The zero-order valence-corrected chi connectivity index (χ0v) is 16.0. The van der Waals surface area contributed by atoms with E-state index in [0.717, 1.165) is 11.1 Å².